The first-order valence-electron chi connectivity index (χ1n) is 6.66. The quantitative estimate of drug-likeness (QED) is 0.470. The number of carbonyl (C=O) groups is 1. The van der Waals surface area contributed by atoms with Gasteiger partial charge in [-0.15, -0.1) is 0 Å². The maximum Gasteiger partial charge on any atom is 0.314 e. The molecule has 21 heavy (non-hydrogen) atoms. The van der Waals surface area contributed by atoms with Gasteiger partial charge in [0, 0.05) is 0 Å². The summed E-state index contributed by atoms with van der Waals surface area (Å²) in [5.74, 6) is -0.961. The van der Waals surface area contributed by atoms with Crippen LogP contribution in [-0.4, -0.2) is 18.9 Å². The molecule has 1 rings (SSSR count). The van der Waals surface area contributed by atoms with E-state index in [-0.39, 0.29) is 17.8 Å². The van der Waals surface area contributed by atoms with Crippen LogP contribution in [0, 0.1) is 5.92 Å². The number of hydrogen-bond donors (Lipinski definition) is 1. The Bertz CT molecular complexity index is 556. The summed E-state index contributed by atoms with van der Waals surface area (Å²) < 4.78 is 38.4. The average molecular weight is 317 g/mol. The van der Waals surface area contributed by atoms with Gasteiger partial charge in [0.25, 0.3) is 0 Å². The van der Waals surface area contributed by atoms with Gasteiger partial charge in [0.1, 0.15) is 15.9 Å². The summed E-state index contributed by atoms with van der Waals surface area (Å²) in [5.41, 5.74) is 0. The maximum atomic E-state index is 12.0. The first-order chi connectivity index (χ1) is 9.40. The molecule has 1 aromatic carbocycles. The molecule has 7 heteroatoms. The molecule has 0 spiro atoms. The van der Waals surface area contributed by atoms with Crippen molar-refractivity contribution in [3.63, 3.8) is 0 Å². The molecule has 0 bridgehead atoms. The number of esters is 1. The van der Waals surface area contributed by atoms with Crippen molar-refractivity contribution in [2.45, 2.75) is 44.4 Å². The maximum absolute atomic E-state index is 12.0. The predicted molar refractivity (Wildman–Crippen MR) is 79.3 cm³/mol. The van der Waals surface area contributed by atoms with E-state index in [0.29, 0.717) is 12.8 Å². The van der Waals surface area contributed by atoms with Gasteiger partial charge in [-0.1, -0.05) is 38.8 Å². The van der Waals surface area contributed by atoms with Crippen LogP contribution in [0.15, 0.2) is 29.2 Å². The van der Waals surface area contributed by atoms with Gasteiger partial charge in [0.05, 0.1) is 10.8 Å². The summed E-state index contributed by atoms with van der Waals surface area (Å²) in [5, 5.41) is 0. The molecular formula is C14H23NO5S. The number of rotatable bonds is 7. The molecular weight excluding hydrogens is 294 g/mol. The number of ether oxygens (including phenoxy) is 1. The lowest BCUT2D eigenvalue weighted by atomic mass is 10.00. The number of hydrogen-bond acceptors (Lipinski definition) is 5. The summed E-state index contributed by atoms with van der Waals surface area (Å²) in [6, 6.07) is 5.38. The lowest BCUT2D eigenvalue weighted by molar-refractivity contribution is -0.139. The van der Waals surface area contributed by atoms with Crippen LogP contribution in [0.3, 0.4) is 0 Å². The zero-order valence-electron chi connectivity index (χ0n) is 12.7. The molecule has 1 aromatic rings. The van der Waals surface area contributed by atoms with E-state index in [9.17, 15) is 17.8 Å². The van der Waals surface area contributed by atoms with Crippen LogP contribution in [0.2, 0.25) is 0 Å². The lowest BCUT2D eigenvalue weighted by Crippen LogP contribution is -2.21. The van der Waals surface area contributed by atoms with E-state index in [2.05, 4.69) is 0 Å². The van der Waals surface area contributed by atoms with Gasteiger partial charge >= 0.3 is 5.97 Å². The average Bonchev–Trinajstić information content (AvgIpc) is 2.39. The van der Waals surface area contributed by atoms with Crippen LogP contribution in [0.4, 0.5) is 0 Å². The van der Waals surface area contributed by atoms with Gasteiger partial charge in [-0.25, -0.2) is 8.42 Å². The van der Waals surface area contributed by atoms with Gasteiger partial charge in [-0.3, -0.25) is 4.79 Å². The topological polar surface area (TPSA) is 120 Å². The van der Waals surface area contributed by atoms with Gasteiger partial charge < -0.3 is 15.4 Å². The highest BCUT2D eigenvalue weighted by Gasteiger charge is 2.20. The summed E-state index contributed by atoms with van der Waals surface area (Å²) in [7, 11) is -4.66. The van der Waals surface area contributed by atoms with Crippen LogP contribution >= 0.6 is 0 Å². The molecule has 0 amide bonds. The van der Waals surface area contributed by atoms with Crippen LogP contribution in [0.5, 0.6) is 5.75 Å². The zero-order chi connectivity index (χ0) is 15.2. The summed E-state index contributed by atoms with van der Waals surface area (Å²) in [4.78, 5) is 11.5. The monoisotopic (exact) mass is 317 g/mol. The fraction of sp³-hybridized carbons (Fsp3) is 0.500. The minimum atomic E-state index is -4.66. The number of para-hydroxylation sites is 1. The third kappa shape index (κ3) is 5.82. The molecule has 0 fully saturated rings. The Morgan fingerprint density at radius 2 is 1.90 bits per heavy atom. The number of quaternary nitrogens is 1. The summed E-state index contributed by atoms with van der Waals surface area (Å²) >= 11 is 0. The number of benzene rings is 1. The van der Waals surface area contributed by atoms with Crippen molar-refractivity contribution >= 4 is 16.1 Å². The molecule has 6 nitrogen and oxygen atoms in total. The van der Waals surface area contributed by atoms with Crippen molar-refractivity contribution in [1.82, 2.24) is 6.15 Å². The largest absolute Gasteiger partial charge is 0.744 e. The molecule has 1 unspecified atom stereocenters. The van der Waals surface area contributed by atoms with Crippen molar-refractivity contribution in [2.75, 3.05) is 0 Å². The van der Waals surface area contributed by atoms with Crippen LogP contribution in [0.25, 0.3) is 0 Å². The Kier molecular flexibility index (Phi) is 8.16. The smallest absolute Gasteiger partial charge is 0.314 e. The Hall–Kier alpha value is -1.44. The van der Waals surface area contributed by atoms with Crippen molar-refractivity contribution in [1.29, 1.82) is 0 Å². The van der Waals surface area contributed by atoms with Gasteiger partial charge in [0.15, 0.2) is 0 Å². The van der Waals surface area contributed by atoms with Gasteiger partial charge in [0.2, 0.25) is 0 Å². The number of carbonyl (C=O) groups excluding carboxylic acids is 1. The van der Waals surface area contributed by atoms with E-state index in [1.807, 2.05) is 13.8 Å². The third-order valence-corrected chi connectivity index (χ3v) is 3.94. The Labute approximate surface area is 125 Å². The molecule has 0 aliphatic carbocycles. The summed E-state index contributed by atoms with van der Waals surface area (Å²) in [6.45, 7) is 3.90. The standard InChI is InChI=1S/C14H20O5S.H3N/c1-3-5-8-11(4-2)14(15)19-12-9-6-7-10-13(12)20(16,17)18;/h6-7,9-11H,3-5,8H2,1-2H3,(H,16,17,18);1H3. The summed E-state index contributed by atoms with van der Waals surface area (Å²) in [6.07, 6.45) is 3.17. The molecule has 0 aliphatic rings. The number of unbranched alkanes of at least 4 members (excludes halogenated alkanes) is 1. The molecule has 1 atom stereocenters. The second-order valence-corrected chi connectivity index (χ2v) is 5.92. The molecule has 0 saturated carbocycles. The Balaban J connectivity index is 0.00000400. The highest BCUT2D eigenvalue weighted by molar-refractivity contribution is 7.85. The SMILES string of the molecule is CCCCC(CC)C(=O)Oc1ccccc1S(=O)(=O)[O-].[NH4+]. The lowest BCUT2D eigenvalue weighted by Gasteiger charge is -2.16. The van der Waals surface area contributed by atoms with Crippen molar-refractivity contribution in [3.05, 3.63) is 24.3 Å². The third-order valence-electron chi connectivity index (χ3n) is 3.06. The molecule has 0 heterocycles. The molecule has 4 N–H and O–H groups in total. The van der Waals surface area contributed by atoms with Gasteiger partial charge in [-0.2, -0.15) is 0 Å². The molecule has 0 aliphatic heterocycles. The highest BCUT2D eigenvalue weighted by atomic mass is 32.2. The second kappa shape index (κ2) is 8.76. The molecule has 120 valence electrons. The minimum Gasteiger partial charge on any atom is -0.744 e. The van der Waals surface area contributed by atoms with Gasteiger partial charge in [-0.05, 0) is 25.0 Å². The van der Waals surface area contributed by atoms with Crippen LogP contribution < -0.4 is 10.9 Å². The van der Waals surface area contributed by atoms with E-state index in [1.54, 1.807) is 0 Å². The van der Waals surface area contributed by atoms with E-state index in [4.69, 9.17) is 4.74 Å². The first-order valence-corrected chi connectivity index (χ1v) is 8.07. The predicted octanol–water partition coefficient (Wildman–Crippen LogP) is 3.09. The Morgan fingerprint density at radius 1 is 1.29 bits per heavy atom. The fourth-order valence-electron chi connectivity index (χ4n) is 1.87. The van der Waals surface area contributed by atoms with E-state index in [0.717, 1.165) is 18.9 Å². The van der Waals surface area contributed by atoms with Crippen molar-refractivity contribution < 1.29 is 22.5 Å². The van der Waals surface area contributed by atoms with E-state index >= 15 is 0 Å². The van der Waals surface area contributed by atoms with Crippen molar-refractivity contribution in [2.24, 2.45) is 5.92 Å². The van der Waals surface area contributed by atoms with E-state index in [1.165, 1.54) is 18.2 Å². The minimum absolute atomic E-state index is 0. The van der Waals surface area contributed by atoms with E-state index < -0.39 is 21.0 Å². The van der Waals surface area contributed by atoms with Crippen LogP contribution in [0.1, 0.15) is 39.5 Å². The first kappa shape index (κ1) is 19.6. The fourth-order valence-corrected chi connectivity index (χ4v) is 2.47. The molecule has 0 aromatic heterocycles. The Morgan fingerprint density at radius 3 is 2.43 bits per heavy atom. The van der Waals surface area contributed by atoms with Crippen LogP contribution in [-0.2, 0) is 14.9 Å². The highest BCUT2D eigenvalue weighted by Crippen LogP contribution is 2.25. The normalized spacial score (nSPS) is 12.3. The van der Waals surface area contributed by atoms with Crippen molar-refractivity contribution in [3.8, 4) is 5.75 Å². The molecule has 0 saturated heterocycles. The molecule has 0 radical (unpaired) electrons. The zero-order valence-corrected chi connectivity index (χ0v) is 13.5. The second-order valence-electron chi connectivity index (χ2n) is 4.57.